The van der Waals surface area contributed by atoms with E-state index in [1.165, 1.54) is 6.08 Å². The minimum absolute atomic E-state index is 0.114. The van der Waals surface area contributed by atoms with E-state index in [9.17, 15) is 4.79 Å². The Labute approximate surface area is 125 Å². The highest BCUT2D eigenvalue weighted by molar-refractivity contribution is 6.31. The molecule has 1 N–H and O–H groups in total. The maximum absolute atomic E-state index is 11.7. The van der Waals surface area contributed by atoms with Gasteiger partial charge >= 0.3 is 0 Å². The van der Waals surface area contributed by atoms with Crippen molar-refractivity contribution in [2.45, 2.75) is 20.8 Å². The van der Waals surface area contributed by atoms with E-state index in [4.69, 9.17) is 11.6 Å². The highest BCUT2D eigenvalue weighted by Crippen LogP contribution is 2.19. The number of halogens is 1. The van der Waals surface area contributed by atoms with E-state index in [-0.39, 0.29) is 5.91 Å². The number of nitrogens with zero attached hydrogens (tertiary/aromatic N) is 3. The quantitative estimate of drug-likeness (QED) is 0.782. The van der Waals surface area contributed by atoms with Crippen LogP contribution in [0.4, 0.5) is 0 Å². The Hall–Kier alpha value is -1.33. The van der Waals surface area contributed by atoms with Crippen molar-refractivity contribution in [3.63, 3.8) is 0 Å². The first kappa shape index (κ1) is 16.7. The van der Waals surface area contributed by atoms with E-state index >= 15 is 0 Å². The zero-order valence-electron chi connectivity index (χ0n) is 12.6. The third-order valence-electron chi connectivity index (χ3n) is 3.22. The van der Waals surface area contributed by atoms with Gasteiger partial charge in [-0.1, -0.05) is 25.4 Å². The predicted octanol–water partition coefficient (Wildman–Crippen LogP) is 1.85. The molecule has 20 heavy (non-hydrogen) atoms. The van der Waals surface area contributed by atoms with Crippen LogP contribution in [0.2, 0.25) is 5.15 Å². The fourth-order valence-electron chi connectivity index (χ4n) is 1.93. The molecule has 112 valence electrons. The summed E-state index contributed by atoms with van der Waals surface area (Å²) in [6.07, 6.45) is 3.20. The zero-order chi connectivity index (χ0) is 15.1. The normalized spacial score (nSPS) is 11.5. The molecular formula is C14H23ClN4O. The average molecular weight is 299 g/mol. The van der Waals surface area contributed by atoms with Crippen molar-refractivity contribution in [1.29, 1.82) is 0 Å². The van der Waals surface area contributed by atoms with Crippen LogP contribution in [0.5, 0.6) is 0 Å². The second-order valence-electron chi connectivity index (χ2n) is 4.56. The van der Waals surface area contributed by atoms with Crippen molar-refractivity contribution in [2.75, 3.05) is 26.2 Å². The molecule has 1 aromatic heterocycles. The van der Waals surface area contributed by atoms with Crippen molar-refractivity contribution in [3.8, 4) is 0 Å². The third kappa shape index (κ3) is 4.65. The molecule has 0 atom stereocenters. The maximum Gasteiger partial charge on any atom is 0.244 e. The number of aryl methyl sites for hydroxylation is 2. The maximum atomic E-state index is 11.7. The first-order valence-electron chi connectivity index (χ1n) is 6.86. The van der Waals surface area contributed by atoms with Crippen LogP contribution < -0.4 is 5.32 Å². The number of likely N-dealkylation sites (N-methyl/N-ethyl adjacent to an activating group) is 1. The molecule has 0 aromatic carbocycles. The summed E-state index contributed by atoms with van der Waals surface area (Å²) >= 11 is 6.09. The highest BCUT2D eigenvalue weighted by Gasteiger charge is 2.08. The van der Waals surface area contributed by atoms with Crippen molar-refractivity contribution in [2.24, 2.45) is 7.05 Å². The van der Waals surface area contributed by atoms with Gasteiger partial charge in [-0.2, -0.15) is 5.10 Å². The van der Waals surface area contributed by atoms with E-state index in [1.807, 2.05) is 6.92 Å². The lowest BCUT2D eigenvalue weighted by molar-refractivity contribution is -0.116. The number of hydrogen-bond acceptors (Lipinski definition) is 3. The minimum Gasteiger partial charge on any atom is -0.351 e. The largest absolute Gasteiger partial charge is 0.351 e. The van der Waals surface area contributed by atoms with Gasteiger partial charge in [0.15, 0.2) is 0 Å². The number of carbonyl (C=O) groups excluding carboxylic acids is 1. The molecule has 1 aromatic rings. The van der Waals surface area contributed by atoms with Crippen LogP contribution in [0.1, 0.15) is 25.1 Å². The molecule has 0 bridgehead atoms. The Morgan fingerprint density at radius 1 is 1.45 bits per heavy atom. The monoisotopic (exact) mass is 298 g/mol. The Bertz CT molecular complexity index is 478. The molecule has 1 heterocycles. The molecule has 6 heteroatoms. The third-order valence-corrected chi connectivity index (χ3v) is 3.67. The zero-order valence-corrected chi connectivity index (χ0v) is 13.4. The van der Waals surface area contributed by atoms with Gasteiger partial charge in [0.05, 0.1) is 5.69 Å². The van der Waals surface area contributed by atoms with Gasteiger partial charge in [-0.15, -0.1) is 0 Å². The molecule has 0 unspecified atom stereocenters. The lowest BCUT2D eigenvalue weighted by Gasteiger charge is -2.17. The molecule has 0 aliphatic heterocycles. The highest BCUT2D eigenvalue weighted by atomic mass is 35.5. The minimum atomic E-state index is -0.114. The van der Waals surface area contributed by atoms with Crippen molar-refractivity contribution in [3.05, 3.63) is 22.5 Å². The van der Waals surface area contributed by atoms with E-state index in [0.29, 0.717) is 11.7 Å². The molecule has 0 spiro atoms. The van der Waals surface area contributed by atoms with E-state index in [1.54, 1.807) is 17.8 Å². The molecule has 0 radical (unpaired) electrons. The van der Waals surface area contributed by atoms with Crippen LogP contribution in [0, 0.1) is 6.92 Å². The van der Waals surface area contributed by atoms with Crippen LogP contribution in [-0.2, 0) is 11.8 Å². The molecule has 1 rings (SSSR count). The van der Waals surface area contributed by atoms with Gasteiger partial charge in [0, 0.05) is 31.8 Å². The molecular weight excluding hydrogens is 276 g/mol. The van der Waals surface area contributed by atoms with Gasteiger partial charge < -0.3 is 10.2 Å². The van der Waals surface area contributed by atoms with Crippen LogP contribution in [0.15, 0.2) is 6.08 Å². The average Bonchev–Trinajstić information content (AvgIpc) is 2.66. The summed E-state index contributed by atoms with van der Waals surface area (Å²) in [5, 5.41) is 7.59. The summed E-state index contributed by atoms with van der Waals surface area (Å²) in [5.74, 6) is -0.114. The Morgan fingerprint density at radius 3 is 2.60 bits per heavy atom. The van der Waals surface area contributed by atoms with Crippen molar-refractivity contribution >= 4 is 23.6 Å². The summed E-state index contributed by atoms with van der Waals surface area (Å²) < 4.78 is 1.59. The summed E-state index contributed by atoms with van der Waals surface area (Å²) in [6, 6.07) is 0. The molecule has 0 aliphatic rings. The number of aromatic nitrogens is 2. The number of hydrogen-bond donors (Lipinski definition) is 1. The van der Waals surface area contributed by atoms with E-state index in [2.05, 4.69) is 29.2 Å². The van der Waals surface area contributed by atoms with Gasteiger partial charge in [0.2, 0.25) is 5.91 Å². The van der Waals surface area contributed by atoms with Crippen molar-refractivity contribution in [1.82, 2.24) is 20.0 Å². The molecule has 1 amide bonds. The smallest absolute Gasteiger partial charge is 0.244 e. The van der Waals surface area contributed by atoms with Crippen molar-refractivity contribution < 1.29 is 4.79 Å². The van der Waals surface area contributed by atoms with Gasteiger partial charge in [0.25, 0.3) is 0 Å². The summed E-state index contributed by atoms with van der Waals surface area (Å²) in [7, 11) is 1.77. The van der Waals surface area contributed by atoms with Crippen LogP contribution >= 0.6 is 11.6 Å². The lowest BCUT2D eigenvalue weighted by atomic mass is 10.2. The SMILES string of the molecule is CCN(CC)CCNC(=O)/C=C/c1c(C)nn(C)c1Cl. The number of amides is 1. The Morgan fingerprint density at radius 2 is 2.10 bits per heavy atom. The second-order valence-corrected chi connectivity index (χ2v) is 4.92. The van der Waals surface area contributed by atoms with E-state index < -0.39 is 0 Å². The lowest BCUT2D eigenvalue weighted by Crippen LogP contribution is -2.34. The van der Waals surface area contributed by atoms with Gasteiger partial charge in [0.1, 0.15) is 5.15 Å². The van der Waals surface area contributed by atoms with Gasteiger partial charge in [-0.3, -0.25) is 9.48 Å². The first-order chi connectivity index (χ1) is 9.49. The van der Waals surface area contributed by atoms with Crippen LogP contribution in [-0.4, -0.2) is 46.8 Å². The predicted molar refractivity (Wildman–Crippen MR) is 82.8 cm³/mol. The Balaban J connectivity index is 2.48. The summed E-state index contributed by atoms with van der Waals surface area (Å²) in [5.41, 5.74) is 1.60. The number of rotatable bonds is 7. The standard InChI is InChI=1S/C14H23ClN4O/c1-5-19(6-2)10-9-16-13(20)8-7-12-11(3)17-18(4)14(12)15/h7-8H,5-6,9-10H2,1-4H3,(H,16,20)/b8-7+. The fourth-order valence-corrected chi connectivity index (χ4v) is 2.17. The fraction of sp³-hybridized carbons (Fsp3) is 0.571. The molecule has 0 saturated heterocycles. The molecule has 0 saturated carbocycles. The number of carbonyl (C=O) groups is 1. The summed E-state index contributed by atoms with van der Waals surface area (Å²) in [6.45, 7) is 9.57. The van der Waals surface area contributed by atoms with E-state index in [0.717, 1.165) is 30.9 Å². The van der Waals surface area contributed by atoms with Gasteiger partial charge in [-0.25, -0.2) is 0 Å². The Kier molecular flexibility index (Phi) is 6.75. The molecule has 5 nitrogen and oxygen atoms in total. The molecule has 0 fully saturated rings. The summed E-state index contributed by atoms with van der Waals surface area (Å²) in [4.78, 5) is 14.0. The molecule has 0 aliphatic carbocycles. The first-order valence-corrected chi connectivity index (χ1v) is 7.24. The second kappa shape index (κ2) is 8.07. The van der Waals surface area contributed by atoms with Crippen LogP contribution in [0.25, 0.3) is 6.08 Å². The van der Waals surface area contributed by atoms with Gasteiger partial charge in [-0.05, 0) is 26.1 Å². The number of nitrogens with one attached hydrogen (secondary N) is 1. The topological polar surface area (TPSA) is 50.2 Å². The van der Waals surface area contributed by atoms with Crippen LogP contribution in [0.3, 0.4) is 0 Å².